The van der Waals surface area contributed by atoms with E-state index in [-0.39, 0.29) is 12.0 Å². The third kappa shape index (κ3) is 2.48. The van der Waals surface area contributed by atoms with Crippen molar-refractivity contribution in [3.8, 4) is 0 Å². The zero-order valence-electron chi connectivity index (χ0n) is 16.0. The summed E-state index contributed by atoms with van der Waals surface area (Å²) in [6.07, 6.45) is 2.73. The predicted octanol–water partition coefficient (Wildman–Crippen LogP) is 5.00. The molecular weight excluding hydrogens is 348 g/mol. The lowest BCUT2D eigenvalue weighted by molar-refractivity contribution is 0.0525. The number of nitrogens with zero attached hydrogens (tertiary/aromatic N) is 1. The van der Waals surface area contributed by atoms with Gasteiger partial charge in [0.25, 0.3) is 0 Å². The Labute approximate surface area is 163 Å². The van der Waals surface area contributed by atoms with E-state index >= 15 is 0 Å². The Kier molecular flexibility index (Phi) is 3.86. The number of fused-ring (bicyclic) bond motifs is 4. The van der Waals surface area contributed by atoms with Gasteiger partial charge in [-0.1, -0.05) is 48.0 Å². The number of esters is 1. The van der Waals surface area contributed by atoms with Crippen LogP contribution in [0.15, 0.2) is 60.8 Å². The molecule has 2 aromatic heterocycles. The summed E-state index contributed by atoms with van der Waals surface area (Å²) < 4.78 is 7.52. The molecule has 4 nitrogen and oxygen atoms in total. The highest BCUT2D eigenvalue weighted by molar-refractivity contribution is 5.92. The minimum atomic E-state index is -0.248. The van der Waals surface area contributed by atoms with Crippen molar-refractivity contribution >= 4 is 16.9 Å². The molecule has 0 bridgehead atoms. The molecule has 1 aliphatic rings. The Morgan fingerprint density at radius 1 is 1.14 bits per heavy atom. The fourth-order valence-corrected chi connectivity index (χ4v) is 4.33. The van der Waals surface area contributed by atoms with Crippen molar-refractivity contribution in [3.63, 3.8) is 0 Å². The average molecular weight is 370 g/mol. The van der Waals surface area contributed by atoms with Crippen LogP contribution >= 0.6 is 0 Å². The third-order valence-electron chi connectivity index (χ3n) is 5.66. The van der Waals surface area contributed by atoms with E-state index in [1.54, 1.807) is 0 Å². The molecule has 1 unspecified atom stereocenters. The topological polar surface area (TPSA) is 47.0 Å². The Morgan fingerprint density at radius 3 is 2.71 bits per heavy atom. The standard InChI is InChI=1S/C24H22N2O2/c1-3-28-24(27)18-12-13-26-21(18)14-19-17-6-4-5-7-20(17)25-22(19)23(26)16-10-8-15(2)9-11-16/h4-13,23,25H,3,14H2,1-2H3. The third-order valence-corrected chi connectivity index (χ3v) is 5.66. The molecule has 4 aromatic rings. The number of hydrogen-bond donors (Lipinski definition) is 1. The molecule has 3 heterocycles. The Bertz CT molecular complexity index is 1180. The van der Waals surface area contributed by atoms with Crippen LogP contribution in [0.25, 0.3) is 10.9 Å². The van der Waals surface area contributed by atoms with Crippen LogP contribution in [-0.2, 0) is 11.2 Å². The highest BCUT2D eigenvalue weighted by atomic mass is 16.5. The molecule has 28 heavy (non-hydrogen) atoms. The molecule has 4 heteroatoms. The monoisotopic (exact) mass is 370 g/mol. The van der Waals surface area contributed by atoms with Gasteiger partial charge in [0, 0.05) is 34.9 Å². The zero-order valence-corrected chi connectivity index (χ0v) is 16.0. The van der Waals surface area contributed by atoms with Crippen molar-refractivity contribution in [2.45, 2.75) is 26.3 Å². The minimum absolute atomic E-state index is 0.00919. The van der Waals surface area contributed by atoms with Gasteiger partial charge in [-0.05, 0) is 37.1 Å². The number of hydrogen-bond acceptors (Lipinski definition) is 2. The number of carbonyl (C=O) groups is 1. The number of aromatic nitrogens is 2. The summed E-state index contributed by atoms with van der Waals surface area (Å²) in [5.74, 6) is -0.248. The Hall–Kier alpha value is -3.27. The van der Waals surface area contributed by atoms with Gasteiger partial charge in [-0.15, -0.1) is 0 Å². The van der Waals surface area contributed by atoms with Gasteiger partial charge in [0.2, 0.25) is 0 Å². The normalized spacial score (nSPS) is 15.3. The lowest BCUT2D eigenvalue weighted by Crippen LogP contribution is -2.22. The number of rotatable bonds is 3. The summed E-state index contributed by atoms with van der Waals surface area (Å²) in [7, 11) is 0. The molecule has 1 N–H and O–H groups in total. The van der Waals surface area contributed by atoms with Crippen LogP contribution in [0.5, 0.6) is 0 Å². The van der Waals surface area contributed by atoms with E-state index in [1.807, 2.05) is 19.2 Å². The molecule has 2 aromatic carbocycles. The van der Waals surface area contributed by atoms with E-state index < -0.39 is 0 Å². The number of benzene rings is 2. The largest absolute Gasteiger partial charge is 0.462 e. The Balaban J connectivity index is 1.75. The van der Waals surface area contributed by atoms with Gasteiger partial charge in [-0.2, -0.15) is 0 Å². The van der Waals surface area contributed by atoms with Crippen LogP contribution in [0, 0.1) is 6.92 Å². The summed E-state index contributed by atoms with van der Waals surface area (Å²) in [4.78, 5) is 16.2. The summed E-state index contributed by atoms with van der Waals surface area (Å²) in [6.45, 7) is 4.31. The quantitative estimate of drug-likeness (QED) is 0.455. The van der Waals surface area contributed by atoms with Gasteiger partial charge < -0.3 is 14.3 Å². The number of aromatic amines is 1. The van der Waals surface area contributed by atoms with Crippen LogP contribution in [0.2, 0.25) is 0 Å². The summed E-state index contributed by atoms with van der Waals surface area (Å²) in [5, 5.41) is 1.22. The van der Waals surface area contributed by atoms with Crippen molar-refractivity contribution in [1.29, 1.82) is 0 Å². The summed E-state index contributed by atoms with van der Waals surface area (Å²) in [6, 6.07) is 18.9. The van der Waals surface area contributed by atoms with Crippen molar-refractivity contribution in [2.75, 3.05) is 6.61 Å². The van der Waals surface area contributed by atoms with Crippen molar-refractivity contribution in [1.82, 2.24) is 9.55 Å². The van der Waals surface area contributed by atoms with Gasteiger partial charge in [-0.3, -0.25) is 0 Å². The van der Waals surface area contributed by atoms with Crippen molar-refractivity contribution in [3.05, 3.63) is 94.4 Å². The molecule has 0 saturated heterocycles. The molecule has 0 fully saturated rings. The number of carbonyl (C=O) groups excluding carboxylic acids is 1. The summed E-state index contributed by atoms with van der Waals surface area (Å²) in [5.41, 5.74) is 7.70. The first-order valence-corrected chi connectivity index (χ1v) is 9.70. The zero-order chi connectivity index (χ0) is 19.3. The second-order valence-electron chi connectivity index (χ2n) is 7.36. The molecule has 0 aliphatic carbocycles. The molecule has 1 atom stereocenters. The first kappa shape index (κ1) is 16.9. The van der Waals surface area contributed by atoms with E-state index in [1.165, 1.54) is 27.8 Å². The van der Waals surface area contributed by atoms with Gasteiger partial charge >= 0.3 is 5.97 Å². The van der Waals surface area contributed by atoms with E-state index in [0.717, 1.165) is 11.2 Å². The highest BCUT2D eigenvalue weighted by Gasteiger charge is 2.32. The minimum Gasteiger partial charge on any atom is -0.462 e. The second-order valence-corrected chi connectivity index (χ2v) is 7.36. The average Bonchev–Trinajstić information content (AvgIpc) is 3.28. The van der Waals surface area contributed by atoms with E-state index in [9.17, 15) is 4.79 Å². The lowest BCUT2D eigenvalue weighted by atomic mass is 9.92. The Morgan fingerprint density at radius 2 is 1.93 bits per heavy atom. The van der Waals surface area contributed by atoms with Crippen LogP contribution in [0.3, 0.4) is 0 Å². The van der Waals surface area contributed by atoms with Crippen molar-refractivity contribution in [2.24, 2.45) is 0 Å². The summed E-state index contributed by atoms with van der Waals surface area (Å²) >= 11 is 0. The van der Waals surface area contributed by atoms with Crippen LogP contribution < -0.4 is 0 Å². The SMILES string of the molecule is CCOC(=O)c1ccn2c1Cc1c([nH]c3ccccc13)C2c1ccc(C)cc1. The van der Waals surface area contributed by atoms with Crippen LogP contribution in [0.4, 0.5) is 0 Å². The number of para-hydroxylation sites is 1. The maximum absolute atomic E-state index is 12.5. The van der Waals surface area contributed by atoms with E-state index in [0.29, 0.717) is 18.6 Å². The highest BCUT2D eigenvalue weighted by Crippen LogP contribution is 2.40. The van der Waals surface area contributed by atoms with Crippen molar-refractivity contribution < 1.29 is 9.53 Å². The number of H-pyrrole nitrogens is 1. The fraction of sp³-hybridized carbons (Fsp3) is 0.208. The maximum atomic E-state index is 12.5. The first-order chi connectivity index (χ1) is 13.7. The molecule has 0 radical (unpaired) electrons. The molecule has 0 amide bonds. The number of nitrogens with one attached hydrogen (secondary N) is 1. The maximum Gasteiger partial charge on any atom is 0.339 e. The molecule has 1 aliphatic heterocycles. The molecule has 0 saturated carbocycles. The lowest BCUT2D eigenvalue weighted by Gasteiger charge is -2.28. The molecule has 0 spiro atoms. The van der Waals surface area contributed by atoms with Gasteiger partial charge in [0.15, 0.2) is 0 Å². The van der Waals surface area contributed by atoms with Gasteiger partial charge in [0.1, 0.15) is 0 Å². The van der Waals surface area contributed by atoms with Crippen LogP contribution in [0.1, 0.15) is 51.4 Å². The predicted molar refractivity (Wildman–Crippen MR) is 110 cm³/mol. The van der Waals surface area contributed by atoms with E-state index in [2.05, 4.69) is 65.0 Å². The smallest absolute Gasteiger partial charge is 0.339 e. The van der Waals surface area contributed by atoms with Gasteiger partial charge in [-0.25, -0.2) is 4.79 Å². The number of aryl methyl sites for hydroxylation is 1. The fourth-order valence-electron chi connectivity index (χ4n) is 4.33. The molecule has 140 valence electrons. The number of ether oxygens (including phenoxy) is 1. The first-order valence-electron chi connectivity index (χ1n) is 9.70. The molecule has 5 rings (SSSR count). The molecular formula is C24H22N2O2. The van der Waals surface area contributed by atoms with E-state index in [4.69, 9.17) is 4.74 Å². The van der Waals surface area contributed by atoms with Gasteiger partial charge in [0.05, 0.1) is 18.2 Å². The van der Waals surface area contributed by atoms with Crippen LogP contribution in [-0.4, -0.2) is 22.1 Å². The second kappa shape index (κ2) is 6.41.